The van der Waals surface area contributed by atoms with Gasteiger partial charge in [0.25, 0.3) is 5.91 Å². The highest BCUT2D eigenvalue weighted by molar-refractivity contribution is 5.97. The Morgan fingerprint density at radius 1 is 1.23 bits per heavy atom. The number of anilines is 1. The first-order valence-corrected chi connectivity index (χ1v) is 12.1. The summed E-state index contributed by atoms with van der Waals surface area (Å²) in [5, 5.41) is 9.71. The molecule has 1 unspecified atom stereocenters. The van der Waals surface area contributed by atoms with Crippen LogP contribution < -0.4 is 20.1 Å². The van der Waals surface area contributed by atoms with Gasteiger partial charge in [-0.05, 0) is 49.9 Å². The molecular formula is C27H26F2N6O4. The zero-order chi connectivity index (χ0) is 29.3. The highest BCUT2D eigenvalue weighted by Gasteiger charge is 2.24. The summed E-state index contributed by atoms with van der Waals surface area (Å²) in [6.45, 7) is 1.74. The number of rotatable bonds is 9. The fourth-order valence-corrected chi connectivity index (χ4v) is 3.93. The summed E-state index contributed by atoms with van der Waals surface area (Å²) < 4.78 is 56.4. The fraction of sp³-hybridized carbons (Fsp3) is 0.296. The van der Waals surface area contributed by atoms with E-state index in [0.717, 1.165) is 18.9 Å². The van der Waals surface area contributed by atoms with Crippen molar-refractivity contribution in [3.63, 3.8) is 0 Å². The minimum absolute atomic E-state index is 0.0179. The molecule has 2 amide bonds. The van der Waals surface area contributed by atoms with Crippen molar-refractivity contribution in [3.05, 3.63) is 65.0 Å². The lowest BCUT2D eigenvalue weighted by Gasteiger charge is -2.15. The molecule has 1 fully saturated rings. The van der Waals surface area contributed by atoms with Gasteiger partial charge in [-0.3, -0.25) is 9.59 Å². The summed E-state index contributed by atoms with van der Waals surface area (Å²) in [7, 11) is -0.504. The van der Waals surface area contributed by atoms with Crippen molar-refractivity contribution in [2.75, 3.05) is 19.0 Å². The molecule has 3 heterocycles. The number of halogens is 2. The first-order chi connectivity index (χ1) is 19.6. The van der Waals surface area contributed by atoms with Gasteiger partial charge in [-0.1, -0.05) is 0 Å². The first kappa shape index (κ1) is 23.5. The first-order valence-electron chi connectivity index (χ1n) is 13.3. The Kier molecular flexibility index (Phi) is 6.41. The molecule has 0 radical (unpaired) electrons. The largest absolute Gasteiger partial charge is 0.490 e. The van der Waals surface area contributed by atoms with Gasteiger partial charge in [0.1, 0.15) is 11.4 Å². The van der Waals surface area contributed by atoms with E-state index in [0.29, 0.717) is 34.5 Å². The number of methoxy groups -OCH3 is 1. The maximum absolute atomic E-state index is 14.6. The second-order valence-corrected chi connectivity index (χ2v) is 9.10. The van der Waals surface area contributed by atoms with Gasteiger partial charge in [0.15, 0.2) is 23.0 Å². The smallest absolute Gasteiger partial charge is 0.257 e. The van der Waals surface area contributed by atoms with Gasteiger partial charge >= 0.3 is 0 Å². The van der Waals surface area contributed by atoms with Crippen LogP contribution in [0.1, 0.15) is 44.1 Å². The van der Waals surface area contributed by atoms with Gasteiger partial charge < -0.3 is 20.1 Å². The monoisotopic (exact) mass is 538 g/mol. The van der Waals surface area contributed by atoms with E-state index < -0.39 is 31.2 Å². The van der Waals surface area contributed by atoms with Gasteiger partial charge in [0.2, 0.25) is 11.8 Å². The Hall–Kier alpha value is -4.61. The number of fused-ring (bicyclic) bond motifs is 1. The standard InChI is InChI=1S/C27H26F2N6O4/c1-14-19(22-6-7-24-33-23(32-15(2)36)12-35(24)34-22)10-20(27(31-14)38-3)26(37)30-11-17-8-18(28)9-21(29)25(17)39-13-16-4-5-16/h6-10,12,16H,4-5,11,13H2,1-3H3,(H,30,37)(H,32,36)/i3D,13D. The number of carbonyl (C=O) groups excluding carboxylic acids is 2. The summed E-state index contributed by atoms with van der Waals surface area (Å²) in [6, 6.07) is 6.56. The summed E-state index contributed by atoms with van der Waals surface area (Å²) in [4.78, 5) is 33.3. The molecule has 1 aliphatic rings. The van der Waals surface area contributed by atoms with E-state index in [1.807, 2.05) is 0 Å². The molecule has 1 atom stereocenters. The molecule has 0 spiro atoms. The van der Waals surface area contributed by atoms with Crippen LogP contribution in [0, 0.1) is 24.5 Å². The molecule has 2 N–H and O–H groups in total. The Labute approximate surface area is 225 Å². The highest BCUT2D eigenvalue weighted by Crippen LogP contribution is 2.32. The van der Waals surface area contributed by atoms with Gasteiger partial charge in [0, 0.05) is 30.7 Å². The molecular weight excluding hydrogens is 510 g/mol. The SMILES string of the molecule is [2H]COc1nc(C)c(-c2ccc3nc(NC(C)=O)cn3n2)cc1C(=O)NCc1cc(F)cc(F)c1OC([2H])C1CC1. The lowest BCUT2D eigenvalue weighted by Crippen LogP contribution is -2.24. The van der Waals surface area contributed by atoms with Crippen LogP contribution in [-0.4, -0.2) is 45.1 Å². The third-order valence-electron chi connectivity index (χ3n) is 5.98. The predicted octanol–water partition coefficient (Wildman–Crippen LogP) is 4.06. The van der Waals surface area contributed by atoms with E-state index in [2.05, 4.69) is 25.7 Å². The number of amides is 2. The van der Waals surface area contributed by atoms with Gasteiger partial charge in [-0.15, -0.1) is 0 Å². The van der Waals surface area contributed by atoms with Crippen LogP contribution in [-0.2, 0) is 11.3 Å². The number of pyridine rings is 1. The Morgan fingerprint density at radius 2 is 2.05 bits per heavy atom. The van der Waals surface area contributed by atoms with Crippen LogP contribution in [0.3, 0.4) is 0 Å². The molecule has 4 aromatic rings. The number of ether oxygens (including phenoxy) is 2. The van der Waals surface area contributed by atoms with Crippen LogP contribution in [0.5, 0.6) is 11.6 Å². The van der Waals surface area contributed by atoms with Crippen molar-refractivity contribution in [2.24, 2.45) is 5.92 Å². The number of aryl methyl sites for hydroxylation is 1. The average molecular weight is 539 g/mol. The molecule has 10 nitrogen and oxygen atoms in total. The van der Waals surface area contributed by atoms with Crippen molar-refractivity contribution in [2.45, 2.75) is 33.2 Å². The molecule has 1 aromatic carbocycles. The second-order valence-electron chi connectivity index (χ2n) is 9.10. The minimum atomic E-state index is -1.00. The van der Waals surface area contributed by atoms with Crippen LogP contribution in [0.15, 0.2) is 36.5 Å². The third kappa shape index (κ3) is 5.79. The van der Waals surface area contributed by atoms with Gasteiger partial charge in [0.05, 0.1) is 34.0 Å². The maximum Gasteiger partial charge on any atom is 0.257 e. The van der Waals surface area contributed by atoms with Crippen molar-refractivity contribution < 1.29 is 30.6 Å². The molecule has 3 aromatic heterocycles. The summed E-state index contributed by atoms with van der Waals surface area (Å²) in [5.74, 6) is -2.87. The minimum Gasteiger partial charge on any atom is -0.490 e. The van der Waals surface area contributed by atoms with Crippen molar-refractivity contribution in [1.82, 2.24) is 24.9 Å². The molecule has 0 saturated heterocycles. The number of hydrogen-bond acceptors (Lipinski definition) is 7. The molecule has 0 bridgehead atoms. The molecule has 12 heteroatoms. The quantitative estimate of drug-likeness (QED) is 0.330. The summed E-state index contributed by atoms with van der Waals surface area (Å²) >= 11 is 0. The lowest BCUT2D eigenvalue weighted by molar-refractivity contribution is -0.114. The van der Waals surface area contributed by atoms with Crippen LogP contribution in [0.4, 0.5) is 14.6 Å². The molecule has 0 aliphatic heterocycles. The Bertz CT molecular complexity index is 1650. The fourth-order valence-electron chi connectivity index (χ4n) is 3.93. The number of nitrogens with zero attached hydrogens (tertiary/aromatic N) is 4. The number of carbonyl (C=O) groups is 2. The maximum atomic E-state index is 14.6. The lowest BCUT2D eigenvalue weighted by atomic mass is 10.1. The van der Waals surface area contributed by atoms with Crippen LogP contribution in [0.25, 0.3) is 16.9 Å². The van der Waals surface area contributed by atoms with Crippen LogP contribution >= 0.6 is 0 Å². The summed E-state index contributed by atoms with van der Waals surface area (Å²) in [5.41, 5.74) is 1.85. The molecule has 5 rings (SSSR count). The molecule has 1 aliphatic carbocycles. The zero-order valence-electron chi connectivity index (χ0n) is 23.1. The molecule has 202 valence electrons. The zero-order valence-corrected chi connectivity index (χ0v) is 21.1. The summed E-state index contributed by atoms with van der Waals surface area (Å²) in [6.07, 6.45) is 3.13. The second kappa shape index (κ2) is 10.6. The van der Waals surface area contributed by atoms with Gasteiger partial charge in [-0.2, -0.15) is 5.10 Å². The van der Waals surface area contributed by atoms with E-state index in [1.54, 1.807) is 19.1 Å². The third-order valence-corrected chi connectivity index (χ3v) is 5.98. The van der Waals surface area contributed by atoms with Crippen LogP contribution in [0.2, 0.25) is 0 Å². The van der Waals surface area contributed by atoms with Gasteiger partial charge in [-0.25, -0.2) is 23.3 Å². The number of hydrogen-bond donors (Lipinski definition) is 2. The van der Waals surface area contributed by atoms with Crippen molar-refractivity contribution in [1.29, 1.82) is 0 Å². The average Bonchev–Trinajstić information content (AvgIpc) is 3.69. The molecule has 39 heavy (non-hydrogen) atoms. The van der Waals surface area contributed by atoms with Crippen molar-refractivity contribution >= 4 is 23.3 Å². The topological polar surface area (TPSA) is 120 Å². The van der Waals surface area contributed by atoms with E-state index in [1.165, 1.54) is 23.7 Å². The molecule has 1 saturated carbocycles. The van der Waals surface area contributed by atoms with E-state index in [4.69, 9.17) is 12.2 Å². The normalized spacial score (nSPS) is 14.4. The highest BCUT2D eigenvalue weighted by atomic mass is 19.1. The van der Waals surface area contributed by atoms with E-state index >= 15 is 0 Å². The Morgan fingerprint density at radius 3 is 2.79 bits per heavy atom. The number of nitrogens with one attached hydrogen (secondary N) is 2. The Balaban J connectivity index is 1.43. The number of benzene rings is 1. The number of imidazole rings is 1. The number of aromatic nitrogens is 4. The van der Waals surface area contributed by atoms with E-state index in [9.17, 15) is 18.4 Å². The van der Waals surface area contributed by atoms with E-state index in [-0.39, 0.29) is 41.1 Å². The predicted molar refractivity (Wildman–Crippen MR) is 138 cm³/mol. The van der Waals surface area contributed by atoms with Crippen molar-refractivity contribution in [3.8, 4) is 22.9 Å².